The first-order chi connectivity index (χ1) is 14.5. The molecule has 3 rings (SSSR count). The van der Waals surface area contributed by atoms with Crippen LogP contribution in [0.15, 0.2) is 54.6 Å². The Hall–Kier alpha value is -3.39. The average Bonchev–Trinajstić information content (AvgIpc) is 2.77. The van der Waals surface area contributed by atoms with Crippen molar-refractivity contribution >= 4 is 17.9 Å². The minimum Gasteiger partial charge on any atom is -0.410 e. The third kappa shape index (κ3) is 4.96. The van der Waals surface area contributed by atoms with Crippen LogP contribution in [0.1, 0.15) is 22.3 Å². The van der Waals surface area contributed by atoms with Crippen LogP contribution in [-0.2, 0) is 4.79 Å². The van der Waals surface area contributed by atoms with Crippen LogP contribution in [0.2, 0.25) is 0 Å². The van der Waals surface area contributed by atoms with Crippen LogP contribution in [0.4, 0.5) is 4.79 Å². The van der Waals surface area contributed by atoms with Gasteiger partial charge in [-0.1, -0.05) is 35.9 Å². The van der Waals surface area contributed by atoms with Crippen LogP contribution in [-0.4, -0.2) is 60.1 Å². The Labute approximate surface area is 175 Å². The molecule has 0 radical (unpaired) electrons. The van der Waals surface area contributed by atoms with Gasteiger partial charge in [-0.25, -0.2) is 4.79 Å². The van der Waals surface area contributed by atoms with Crippen LogP contribution >= 0.6 is 0 Å². The number of amides is 3. The molecule has 1 fully saturated rings. The van der Waals surface area contributed by atoms with Crippen molar-refractivity contribution in [2.45, 2.75) is 19.5 Å². The Morgan fingerprint density at radius 2 is 1.80 bits per heavy atom. The van der Waals surface area contributed by atoms with Crippen LogP contribution in [0.5, 0.6) is 5.75 Å². The van der Waals surface area contributed by atoms with Gasteiger partial charge in [-0.2, -0.15) is 0 Å². The lowest BCUT2D eigenvalue weighted by Gasteiger charge is -2.42. The molecule has 1 atom stereocenters. The minimum atomic E-state index is -1.12. The van der Waals surface area contributed by atoms with Crippen molar-refractivity contribution in [2.24, 2.45) is 5.73 Å². The quantitative estimate of drug-likeness (QED) is 0.781. The number of carbonyl (C=O) groups excluding carboxylic acids is 3. The Morgan fingerprint density at radius 1 is 1.07 bits per heavy atom. The van der Waals surface area contributed by atoms with Crippen molar-refractivity contribution in [3.05, 3.63) is 65.7 Å². The molecule has 8 heteroatoms. The van der Waals surface area contributed by atoms with E-state index in [0.717, 1.165) is 5.56 Å². The first-order valence-electron chi connectivity index (χ1n) is 9.90. The highest BCUT2D eigenvalue weighted by Gasteiger charge is 2.41. The molecule has 30 heavy (non-hydrogen) atoms. The predicted molar refractivity (Wildman–Crippen MR) is 112 cm³/mol. The number of carbonyl (C=O) groups is 3. The molecule has 3 N–H and O–H groups in total. The van der Waals surface area contributed by atoms with Crippen molar-refractivity contribution < 1.29 is 19.1 Å². The first kappa shape index (κ1) is 21.3. The van der Waals surface area contributed by atoms with E-state index in [1.54, 1.807) is 42.5 Å². The number of nitrogens with two attached hydrogens (primary N) is 1. The molecular weight excluding hydrogens is 384 g/mol. The van der Waals surface area contributed by atoms with Gasteiger partial charge in [0.15, 0.2) is 6.17 Å². The third-order valence-corrected chi connectivity index (χ3v) is 4.78. The van der Waals surface area contributed by atoms with E-state index in [4.69, 9.17) is 10.5 Å². The molecule has 1 heterocycles. The van der Waals surface area contributed by atoms with E-state index in [1.165, 1.54) is 9.80 Å². The molecule has 2 aromatic rings. The summed E-state index contributed by atoms with van der Waals surface area (Å²) in [4.78, 5) is 41.7. The SMILES string of the molecule is Cc1cccc(C(=O)N2CCCN(C(=O)Oc3ccccc3)C2C(=O)NCCN)c1. The van der Waals surface area contributed by atoms with Gasteiger partial charge in [-0.05, 0) is 37.6 Å². The van der Waals surface area contributed by atoms with Crippen molar-refractivity contribution in [1.82, 2.24) is 15.1 Å². The summed E-state index contributed by atoms with van der Waals surface area (Å²) < 4.78 is 5.44. The molecule has 2 aromatic carbocycles. The van der Waals surface area contributed by atoms with E-state index < -0.39 is 18.2 Å². The number of rotatable bonds is 5. The highest BCUT2D eigenvalue weighted by atomic mass is 16.6. The van der Waals surface area contributed by atoms with E-state index in [0.29, 0.717) is 30.8 Å². The summed E-state index contributed by atoms with van der Waals surface area (Å²) in [5.74, 6) is -0.416. The second-order valence-electron chi connectivity index (χ2n) is 7.05. The molecule has 158 valence electrons. The Kier molecular flexibility index (Phi) is 7.03. The van der Waals surface area contributed by atoms with Crippen molar-refractivity contribution in [3.8, 4) is 5.75 Å². The van der Waals surface area contributed by atoms with Crippen molar-refractivity contribution in [3.63, 3.8) is 0 Å². The van der Waals surface area contributed by atoms with Gasteiger partial charge in [0.25, 0.3) is 11.8 Å². The molecule has 0 aromatic heterocycles. The second-order valence-corrected chi connectivity index (χ2v) is 7.05. The number of para-hydroxylation sites is 1. The highest BCUT2D eigenvalue weighted by Crippen LogP contribution is 2.21. The second kappa shape index (κ2) is 9.89. The molecule has 1 aliphatic heterocycles. The van der Waals surface area contributed by atoms with Gasteiger partial charge in [0.05, 0.1) is 0 Å². The zero-order chi connectivity index (χ0) is 21.5. The summed E-state index contributed by atoms with van der Waals surface area (Å²) >= 11 is 0. The summed E-state index contributed by atoms with van der Waals surface area (Å²) in [6.45, 7) is 3.02. The maximum atomic E-state index is 13.2. The van der Waals surface area contributed by atoms with Gasteiger partial charge in [0.1, 0.15) is 5.75 Å². The fraction of sp³-hybridized carbons (Fsp3) is 0.318. The van der Waals surface area contributed by atoms with Crippen molar-refractivity contribution in [1.29, 1.82) is 0 Å². The fourth-order valence-electron chi connectivity index (χ4n) is 3.39. The lowest BCUT2D eigenvalue weighted by Crippen LogP contribution is -2.64. The number of nitrogens with one attached hydrogen (secondary N) is 1. The Balaban J connectivity index is 1.88. The molecule has 1 unspecified atom stereocenters. The molecule has 0 bridgehead atoms. The highest BCUT2D eigenvalue weighted by molar-refractivity contribution is 5.98. The van der Waals surface area contributed by atoms with Gasteiger partial charge in [-0.15, -0.1) is 0 Å². The number of benzene rings is 2. The van der Waals surface area contributed by atoms with Gasteiger partial charge in [0.2, 0.25) is 0 Å². The minimum absolute atomic E-state index is 0.239. The maximum Gasteiger partial charge on any atom is 0.417 e. The van der Waals surface area contributed by atoms with Gasteiger partial charge in [0, 0.05) is 31.7 Å². The molecule has 0 saturated carbocycles. The zero-order valence-electron chi connectivity index (χ0n) is 16.9. The monoisotopic (exact) mass is 410 g/mol. The lowest BCUT2D eigenvalue weighted by atomic mass is 10.1. The summed E-state index contributed by atoms with van der Waals surface area (Å²) in [6, 6.07) is 15.8. The lowest BCUT2D eigenvalue weighted by molar-refractivity contribution is -0.132. The summed E-state index contributed by atoms with van der Waals surface area (Å²) in [5.41, 5.74) is 6.90. The predicted octanol–water partition coefficient (Wildman–Crippen LogP) is 1.74. The summed E-state index contributed by atoms with van der Waals surface area (Å²) in [5, 5.41) is 2.69. The fourth-order valence-corrected chi connectivity index (χ4v) is 3.39. The van der Waals surface area contributed by atoms with Crippen molar-refractivity contribution in [2.75, 3.05) is 26.2 Å². The van der Waals surface area contributed by atoms with E-state index >= 15 is 0 Å². The number of hydrogen-bond donors (Lipinski definition) is 2. The Morgan fingerprint density at radius 3 is 2.50 bits per heavy atom. The van der Waals surface area contributed by atoms with Gasteiger partial charge < -0.3 is 20.7 Å². The number of hydrogen-bond acceptors (Lipinski definition) is 5. The van der Waals surface area contributed by atoms with Gasteiger partial charge in [-0.3, -0.25) is 14.5 Å². The van der Waals surface area contributed by atoms with Crippen LogP contribution < -0.4 is 15.8 Å². The normalized spacial score (nSPS) is 16.1. The number of nitrogens with zero attached hydrogens (tertiary/aromatic N) is 2. The number of aryl methyl sites for hydroxylation is 1. The number of ether oxygens (including phenoxy) is 1. The van der Waals surface area contributed by atoms with Gasteiger partial charge >= 0.3 is 6.09 Å². The third-order valence-electron chi connectivity index (χ3n) is 4.78. The zero-order valence-corrected chi connectivity index (χ0v) is 16.9. The average molecular weight is 410 g/mol. The van der Waals surface area contributed by atoms with Crippen LogP contribution in [0.3, 0.4) is 0 Å². The van der Waals surface area contributed by atoms with Crippen LogP contribution in [0, 0.1) is 6.92 Å². The Bertz CT molecular complexity index is 903. The largest absolute Gasteiger partial charge is 0.417 e. The molecule has 0 aliphatic carbocycles. The molecular formula is C22H26N4O4. The summed E-state index contributed by atoms with van der Waals surface area (Å²) in [6.07, 6.45) is -1.27. The van der Waals surface area contributed by atoms with E-state index in [2.05, 4.69) is 5.32 Å². The first-order valence-corrected chi connectivity index (χ1v) is 9.90. The molecule has 8 nitrogen and oxygen atoms in total. The van der Waals surface area contributed by atoms with E-state index in [9.17, 15) is 14.4 Å². The standard InChI is InChI=1S/C22H26N4O4/c1-16-7-5-8-17(15-16)21(28)25-13-6-14-26(20(25)19(27)24-12-11-23)22(29)30-18-9-3-2-4-10-18/h2-5,7-10,15,20H,6,11-14,23H2,1H3,(H,24,27). The molecule has 1 saturated heterocycles. The molecule has 0 spiro atoms. The smallest absolute Gasteiger partial charge is 0.410 e. The van der Waals surface area contributed by atoms with E-state index in [1.807, 2.05) is 19.1 Å². The topological polar surface area (TPSA) is 105 Å². The summed E-state index contributed by atoms with van der Waals surface area (Å²) in [7, 11) is 0. The maximum absolute atomic E-state index is 13.2. The van der Waals surface area contributed by atoms with Crippen LogP contribution in [0.25, 0.3) is 0 Å². The molecule has 3 amide bonds. The molecule has 1 aliphatic rings. The van der Waals surface area contributed by atoms with E-state index in [-0.39, 0.29) is 19.0 Å².